The summed E-state index contributed by atoms with van der Waals surface area (Å²) in [7, 11) is 1.74. The minimum absolute atomic E-state index is 0. The molecule has 2 saturated heterocycles. The van der Waals surface area contributed by atoms with E-state index in [4.69, 9.17) is 4.74 Å². The van der Waals surface area contributed by atoms with E-state index in [0.717, 1.165) is 17.7 Å². The minimum atomic E-state index is 0. The van der Waals surface area contributed by atoms with Crippen molar-refractivity contribution in [2.45, 2.75) is 31.8 Å². The standard InChI is InChI=1S/C16H24N2O.ClH/c1-12(13-4-3-5-15(10-13)19-2)18-9-7-16-14(11-18)6-8-17-16;/h3-5,10,12,14,16-17H,6-9,11H2,1-2H3;1H. The number of piperidine rings is 1. The van der Waals surface area contributed by atoms with Gasteiger partial charge in [0.05, 0.1) is 7.11 Å². The average molecular weight is 297 g/mol. The molecule has 112 valence electrons. The first-order chi connectivity index (χ1) is 9.28. The number of fused-ring (bicyclic) bond motifs is 1. The van der Waals surface area contributed by atoms with Crippen LogP contribution in [0.2, 0.25) is 0 Å². The third-order valence-corrected chi connectivity index (χ3v) is 4.81. The number of rotatable bonds is 3. The van der Waals surface area contributed by atoms with Gasteiger partial charge in [-0.25, -0.2) is 0 Å². The van der Waals surface area contributed by atoms with Crippen LogP contribution < -0.4 is 10.1 Å². The molecule has 3 nitrogen and oxygen atoms in total. The van der Waals surface area contributed by atoms with Crippen molar-refractivity contribution in [2.24, 2.45) is 5.92 Å². The highest BCUT2D eigenvalue weighted by molar-refractivity contribution is 5.85. The van der Waals surface area contributed by atoms with Crippen LogP contribution in [-0.2, 0) is 0 Å². The Morgan fingerprint density at radius 2 is 2.20 bits per heavy atom. The molecule has 0 aliphatic carbocycles. The lowest BCUT2D eigenvalue weighted by atomic mass is 9.91. The van der Waals surface area contributed by atoms with Crippen molar-refractivity contribution in [1.29, 1.82) is 0 Å². The molecule has 3 unspecified atom stereocenters. The normalized spacial score (nSPS) is 27.5. The fourth-order valence-corrected chi connectivity index (χ4v) is 3.54. The molecule has 0 spiro atoms. The molecule has 1 aromatic carbocycles. The number of nitrogens with one attached hydrogen (secondary N) is 1. The lowest BCUT2D eigenvalue weighted by Gasteiger charge is -2.38. The van der Waals surface area contributed by atoms with Gasteiger partial charge in [-0.2, -0.15) is 0 Å². The van der Waals surface area contributed by atoms with Gasteiger partial charge in [0.1, 0.15) is 5.75 Å². The molecular formula is C16H25ClN2O. The van der Waals surface area contributed by atoms with Crippen molar-refractivity contribution in [3.63, 3.8) is 0 Å². The molecular weight excluding hydrogens is 272 g/mol. The summed E-state index contributed by atoms with van der Waals surface area (Å²) in [5.41, 5.74) is 1.36. The Morgan fingerprint density at radius 3 is 3.00 bits per heavy atom. The number of methoxy groups -OCH3 is 1. The first-order valence-corrected chi connectivity index (χ1v) is 7.39. The molecule has 0 amide bonds. The molecule has 2 heterocycles. The number of likely N-dealkylation sites (tertiary alicyclic amines) is 1. The molecule has 0 saturated carbocycles. The van der Waals surface area contributed by atoms with E-state index in [1.807, 2.05) is 6.07 Å². The maximum atomic E-state index is 5.33. The number of hydrogen-bond donors (Lipinski definition) is 1. The van der Waals surface area contributed by atoms with Crippen LogP contribution in [0.25, 0.3) is 0 Å². The Balaban J connectivity index is 0.00000147. The summed E-state index contributed by atoms with van der Waals surface area (Å²) >= 11 is 0. The average Bonchev–Trinajstić information content (AvgIpc) is 2.94. The van der Waals surface area contributed by atoms with Gasteiger partial charge in [-0.05, 0) is 49.9 Å². The summed E-state index contributed by atoms with van der Waals surface area (Å²) in [5, 5.41) is 3.63. The molecule has 1 N–H and O–H groups in total. The van der Waals surface area contributed by atoms with Crippen molar-refractivity contribution in [3.8, 4) is 5.75 Å². The van der Waals surface area contributed by atoms with Gasteiger partial charge in [0.25, 0.3) is 0 Å². The predicted molar refractivity (Wildman–Crippen MR) is 84.7 cm³/mol. The van der Waals surface area contributed by atoms with Crippen molar-refractivity contribution >= 4 is 12.4 Å². The van der Waals surface area contributed by atoms with Gasteiger partial charge in [-0.15, -0.1) is 12.4 Å². The predicted octanol–water partition coefficient (Wildman–Crippen LogP) is 2.86. The molecule has 2 aliphatic rings. The Kier molecular flexibility index (Phi) is 5.30. The van der Waals surface area contributed by atoms with E-state index in [2.05, 4.69) is 35.3 Å². The van der Waals surface area contributed by atoms with Gasteiger partial charge in [-0.3, -0.25) is 4.90 Å². The molecule has 0 aromatic heterocycles. The van der Waals surface area contributed by atoms with Crippen molar-refractivity contribution in [2.75, 3.05) is 26.7 Å². The number of ether oxygens (including phenoxy) is 1. The van der Waals surface area contributed by atoms with Crippen LogP contribution in [0.1, 0.15) is 31.4 Å². The van der Waals surface area contributed by atoms with Crippen molar-refractivity contribution < 1.29 is 4.74 Å². The highest BCUT2D eigenvalue weighted by Crippen LogP contribution is 2.31. The maximum absolute atomic E-state index is 5.33. The molecule has 2 aliphatic heterocycles. The molecule has 4 heteroatoms. The second-order valence-electron chi connectivity index (χ2n) is 5.85. The Labute approximate surface area is 128 Å². The highest BCUT2D eigenvalue weighted by Gasteiger charge is 2.34. The van der Waals surface area contributed by atoms with E-state index < -0.39 is 0 Å². The summed E-state index contributed by atoms with van der Waals surface area (Å²) in [4.78, 5) is 2.63. The molecule has 3 rings (SSSR count). The zero-order chi connectivity index (χ0) is 13.2. The minimum Gasteiger partial charge on any atom is -0.497 e. The van der Waals surface area contributed by atoms with Crippen molar-refractivity contribution in [1.82, 2.24) is 10.2 Å². The van der Waals surface area contributed by atoms with E-state index in [1.165, 1.54) is 38.0 Å². The van der Waals surface area contributed by atoms with Gasteiger partial charge >= 0.3 is 0 Å². The molecule has 1 aromatic rings. The molecule has 3 atom stereocenters. The van der Waals surface area contributed by atoms with Gasteiger partial charge < -0.3 is 10.1 Å². The van der Waals surface area contributed by atoms with Crippen molar-refractivity contribution in [3.05, 3.63) is 29.8 Å². The Morgan fingerprint density at radius 1 is 1.35 bits per heavy atom. The quantitative estimate of drug-likeness (QED) is 0.928. The number of hydrogen-bond acceptors (Lipinski definition) is 3. The lowest BCUT2D eigenvalue weighted by Crippen LogP contribution is -2.45. The van der Waals surface area contributed by atoms with Crippen LogP contribution in [-0.4, -0.2) is 37.7 Å². The number of nitrogens with zero attached hydrogens (tertiary/aromatic N) is 1. The Hall–Kier alpha value is -0.770. The lowest BCUT2D eigenvalue weighted by molar-refractivity contribution is 0.122. The monoisotopic (exact) mass is 296 g/mol. The fourth-order valence-electron chi connectivity index (χ4n) is 3.54. The number of benzene rings is 1. The van der Waals surface area contributed by atoms with E-state index in [0.29, 0.717) is 6.04 Å². The van der Waals surface area contributed by atoms with Gasteiger partial charge in [0.2, 0.25) is 0 Å². The third-order valence-electron chi connectivity index (χ3n) is 4.81. The summed E-state index contributed by atoms with van der Waals surface area (Å²) in [6.07, 6.45) is 2.63. The topological polar surface area (TPSA) is 24.5 Å². The smallest absolute Gasteiger partial charge is 0.119 e. The van der Waals surface area contributed by atoms with Crippen LogP contribution in [0.15, 0.2) is 24.3 Å². The number of halogens is 1. The third kappa shape index (κ3) is 3.11. The zero-order valence-corrected chi connectivity index (χ0v) is 13.2. The molecule has 0 radical (unpaired) electrons. The van der Waals surface area contributed by atoms with E-state index in [9.17, 15) is 0 Å². The second-order valence-corrected chi connectivity index (χ2v) is 5.85. The van der Waals surface area contributed by atoms with Crippen LogP contribution in [0.3, 0.4) is 0 Å². The van der Waals surface area contributed by atoms with Crippen LogP contribution in [0.5, 0.6) is 5.75 Å². The maximum Gasteiger partial charge on any atom is 0.119 e. The zero-order valence-electron chi connectivity index (χ0n) is 12.3. The second kappa shape index (κ2) is 6.79. The summed E-state index contributed by atoms with van der Waals surface area (Å²) < 4.78 is 5.33. The van der Waals surface area contributed by atoms with E-state index >= 15 is 0 Å². The summed E-state index contributed by atoms with van der Waals surface area (Å²) in [6, 6.07) is 9.75. The Bertz CT molecular complexity index is 440. The van der Waals surface area contributed by atoms with E-state index in [-0.39, 0.29) is 12.4 Å². The highest BCUT2D eigenvalue weighted by atomic mass is 35.5. The summed E-state index contributed by atoms with van der Waals surface area (Å²) in [5.74, 6) is 1.81. The SMILES string of the molecule is COc1cccc(C(C)N2CCC3NCCC3C2)c1.Cl. The van der Waals surface area contributed by atoms with E-state index in [1.54, 1.807) is 7.11 Å². The molecule has 20 heavy (non-hydrogen) atoms. The van der Waals surface area contributed by atoms with Gasteiger partial charge in [0, 0.05) is 25.2 Å². The summed E-state index contributed by atoms with van der Waals surface area (Å²) in [6.45, 7) is 5.96. The van der Waals surface area contributed by atoms with Crippen LogP contribution in [0.4, 0.5) is 0 Å². The molecule has 0 bridgehead atoms. The first kappa shape index (κ1) is 15.6. The molecule has 2 fully saturated rings. The first-order valence-electron chi connectivity index (χ1n) is 7.39. The fraction of sp³-hybridized carbons (Fsp3) is 0.625. The van der Waals surface area contributed by atoms with Gasteiger partial charge in [-0.1, -0.05) is 12.1 Å². The van der Waals surface area contributed by atoms with Crippen LogP contribution >= 0.6 is 12.4 Å². The van der Waals surface area contributed by atoms with Gasteiger partial charge in [0.15, 0.2) is 0 Å². The largest absolute Gasteiger partial charge is 0.497 e. The van der Waals surface area contributed by atoms with Crippen LogP contribution in [0, 0.1) is 5.92 Å².